The van der Waals surface area contributed by atoms with E-state index in [9.17, 15) is 4.79 Å². The molecule has 1 aromatic carbocycles. The van der Waals surface area contributed by atoms with Crippen LogP contribution in [-0.4, -0.2) is 34.8 Å². The van der Waals surface area contributed by atoms with Gasteiger partial charge in [-0.2, -0.15) is 0 Å². The second kappa shape index (κ2) is 5.21. The van der Waals surface area contributed by atoms with Crippen molar-refractivity contribution < 1.29 is 14.6 Å². The van der Waals surface area contributed by atoms with E-state index in [-0.39, 0.29) is 12.7 Å². The third-order valence-electron chi connectivity index (χ3n) is 3.14. The number of benzene rings is 1. The highest BCUT2D eigenvalue weighted by molar-refractivity contribution is 5.69. The Morgan fingerprint density at radius 1 is 1.42 bits per heavy atom. The molecule has 1 aliphatic heterocycles. The minimum Gasteiger partial charge on any atom is -0.444 e. The first-order chi connectivity index (χ1) is 8.89. The third kappa shape index (κ3) is 3.47. The van der Waals surface area contributed by atoms with Crippen molar-refractivity contribution in [1.29, 1.82) is 0 Å². The van der Waals surface area contributed by atoms with Crippen LogP contribution in [0.25, 0.3) is 0 Å². The van der Waals surface area contributed by atoms with Crippen LogP contribution in [0.15, 0.2) is 24.3 Å². The maximum Gasteiger partial charge on any atom is 0.410 e. The molecule has 0 unspecified atom stereocenters. The highest BCUT2D eigenvalue weighted by Crippen LogP contribution is 2.28. The number of carbonyl (C=O) groups is 1. The predicted octanol–water partition coefficient (Wildman–Crippen LogP) is 2.51. The second-order valence-electron chi connectivity index (χ2n) is 5.99. The number of nitrogens with zero attached hydrogens (tertiary/aromatic N) is 1. The van der Waals surface area contributed by atoms with Crippen molar-refractivity contribution in [2.45, 2.75) is 38.9 Å². The summed E-state index contributed by atoms with van der Waals surface area (Å²) in [4.78, 5) is 13.5. The first kappa shape index (κ1) is 13.9. The lowest BCUT2D eigenvalue weighted by Gasteiger charge is -2.40. The Kier molecular flexibility index (Phi) is 3.80. The predicted molar refractivity (Wildman–Crippen MR) is 72.9 cm³/mol. The quantitative estimate of drug-likeness (QED) is 0.892. The molecule has 1 saturated heterocycles. The lowest BCUT2D eigenvalue weighted by Crippen LogP contribution is -2.50. The molecule has 4 nitrogen and oxygen atoms in total. The highest BCUT2D eigenvalue weighted by Gasteiger charge is 2.34. The zero-order valence-electron chi connectivity index (χ0n) is 11.7. The third-order valence-corrected chi connectivity index (χ3v) is 3.14. The van der Waals surface area contributed by atoms with Crippen LogP contribution in [0.1, 0.15) is 37.8 Å². The largest absolute Gasteiger partial charge is 0.444 e. The smallest absolute Gasteiger partial charge is 0.410 e. The molecule has 0 bridgehead atoms. The van der Waals surface area contributed by atoms with E-state index in [1.807, 2.05) is 45.0 Å². The van der Waals surface area contributed by atoms with E-state index in [2.05, 4.69) is 0 Å². The molecule has 4 heteroatoms. The molecule has 1 fully saturated rings. The van der Waals surface area contributed by atoms with Gasteiger partial charge in [-0.1, -0.05) is 24.3 Å². The van der Waals surface area contributed by atoms with Gasteiger partial charge in [-0.05, 0) is 31.9 Å². The standard InChI is InChI=1S/C15H21NO3/c1-15(2,3)19-14(18)16-8-13(9-16)12-6-4-5-11(7-12)10-17/h4-7,13,17H,8-10H2,1-3H3. The molecule has 1 heterocycles. The molecule has 2 rings (SSSR count). The van der Waals surface area contributed by atoms with Gasteiger partial charge in [0.1, 0.15) is 5.60 Å². The molecule has 0 atom stereocenters. The molecular formula is C15H21NO3. The van der Waals surface area contributed by atoms with Crippen molar-refractivity contribution in [2.24, 2.45) is 0 Å². The summed E-state index contributed by atoms with van der Waals surface area (Å²) in [5, 5.41) is 9.12. The van der Waals surface area contributed by atoms with Gasteiger partial charge in [0.05, 0.1) is 6.61 Å². The molecule has 0 saturated carbocycles. The molecule has 0 aromatic heterocycles. The van der Waals surface area contributed by atoms with Crippen molar-refractivity contribution in [1.82, 2.24) is 4.90 Å². The number of amides is 1. The van der Waals surface area contributed by atoms with Crippen LogP contribution in [0, 0.1) is 0 Å². The lowest BCUT2D eigenvalue weighted by atomic mass is 9.91. The van der Waals surface area contributed by atoms with Crippen LogP contribution in [0.2, 0.25) is 0 Å². The molecule has 0 radical (unpaired) electrons. The summed E-state index contributed by atoms with van der Waals surface area (Å²) in [7, 11) is 0. The van der Waals surface area contributed by atoms with Crippen molar-refractivity contribution in [2.75, 3.05) is 13.1 Å². The summed E-state index contributed by atoms with van der Waals surface area (Å²) < 4.78 is 5.32. The molecular weight excluding hydrogens is 242 g/mol. The van der Waals surface area contributed by atoms with E-state index >= 15 is 0 Å². The number of ether oxygens (including phenoxy) is 1. The Hall–Kier alpha value is -1.55. The fraction of sp³-hybridized carbons (Fsp3) is 0.533. The SMILES string of the molecule is CC(C)(C)OC(=O)N1CC(c2cccc(CO)c2)C1. The number of likely N-dealkylation sites (tertiary alicyclic amines) is 1. The van der Waals surface area contributed by atoms with E-state index in [1.165, 1.54) is 5.56 Å². The molecule has 1 amide bonds. The second-order valence-corrected chi connectivity index (χ2v) is 5.99. The van der Waals surface area contributed by atoms with Crippen LogP contribution in [0.5, 0.6) is 0 Å². The van der Waals surface area contributed by atoms with Gasteiger partial charge >= 0.3 is 6.09 Å². The van der Waals surface area contributed by atoms with Crippen LogP contribution < -0.4 is 0 Å². The Morgan fingerprint density at radius 3 is 2.68 bits per heavy atom. The summed E-state index contributed by atoms with van der Waals surface area (Å²) >= 11 is 0. The fourth-order valence-electron chi connectivity index (χ4n) is 2.11. The van der Waals surface area contributed by atoms with Crippen molar-refractivity contribution in [3.8, 4) is 0 Å². The van der Waals surface area contributed by atoms with Gasteiger partial charge in [0, 0.05) is 19.0 Å². The Bertz CT molecular complexity index is 459. The van der Waals surface area contributed by atoms with Crippen LogP contribution in [0.3, 0.4) is 0 Å². The van der Waals surface area contributed by atoms with E-state index < -0.39 is 5.60 Å². The topological polar surface area (TPSA) is 49.8 Å². The monoisotopic (exact) mass is 263 g/mol. The summed E-state index contributed by atoms with van der Waals surface area (Å²) in [6.45, 7) is 7.02. The molecule has 0 spiro atoms. The molecule has 19 heavy (non-hydrogen) atoms. The van der Waals surface area contributed by atoms with Gasteiger partial charge < -0.3 is 14.7 Å². The van der Waals surface area contributed by atoms with Crippen molar-refractivity contribution >= 4 is 6.09 Å². The zero-order chi connectivity index (χ0) is 14.0. The minimum absolute atomic E-state index is 0.0519. The Morgan fingerprint density at radius 2 is 2.11 bits per heavy atom. The van der Waals surface area contributed by atoms with Gasteiger partial charge in [0.2, 0.25) is 0 Å². The molecule has 0 aliphatic carbocycles. The average Bonchev–Trinajstić information content (AvgIpc) is 2.25. The molecule has 1 aliphatic rings. The van der Waals surface area contributed by atoms with Gasteiger partial charge in [0.15, 0.2) is 0 Å². The van der Waals surface area contributed by atoms with Crippen LogP contribution in [-0.2, 0) is 11.3 Å². The fourth-order valence-corrected chi connectivity index (χ4v) is 2.11. The Balaban J connectivity index is 1.90. The van der Waals surface area contributed by atoms with E-state index in [1.54, 1.807) is 4.90 Å². The van der Waals surface area contributed by atoms with Crippen molar-refractivity contribution in [3.05, 3.63) is 35.4 Å². The molecule has 1 aromatic rings. The summed E-state index contributed by atoms with van der Waals surface area (Å²) in [5.41, 5.74) is 1.64. The average molecular weight is 263 g/mol. The normalized spacial score (nSPS) is 16.1. The number of aliphatic hydroxyl groups is 1. The van der Waals surface area contributed by atoms with Crippen LogP contribution >= 0.6 is 0 Å². The van der Waals surface area contributed by atoms with Gasteiger partial charge in [-0.25, -0.2) is 4.79 Å². The van der Waals surface area contributed by atoms with Gasteiger partial charge in [-0.3, -0.25) is 0 Å². The number of hydrogen-bond donors (Lipinski definition) is 1. The Labute approximate surface area is 114 Å². The maximum atomic E-state index is 11.8. The van der Waals surface area contributed by atoms with Gasteiger partial charge in [0.25, 0.3) is 0 Å². The number of carbonyl (C=O) groups excluding carboxylic acids is 1. The van der Waals surface area contributed by atoms with E-state index in [0.29, 0.717) is 19.0 Å². The highest BCUT2D eigenvalue weighted by atomic mass is 16.6. The maximum absolute atomic E-state index is 11.8. The summed E-state index contributed by atoms with van der Waals surface area (Å²) in [6.07, 6.45) is -0.248. The van der Waals surface area contributed by atoms with Gasteiger partial charge in [-0.15, -0.1) is 0 Å². The molecule has 104 valence electrons. The van der Waals surface area contributed by atoms with E-state index in [4.69, 9.17) is 9.84 Å². The number of rotatable bonds is 2. The first-order valence-corrected chi connectivity index (χ1v) is 6.56. The lowest BCUT2D eigenvalue weighted by molar-refractivity contribution is 0.00818. The minimum atomic E-state index is -0.445. The van der Waals surface area contributed by atoms with Crippen LogP contribution in [0.4, 0.5) is 4.79 Å². The van der Waals surface area contributed by atoms with Crippen molar-refractivity contribution in [3.63, 3.8) is 0 Å². The first-order valence-electron chi connectivity index (χ1n) is 6.56. The zero-order valence-corrected chi connectivity index (χ0v) is 11.7. The van der Waals surface area contributed by atoms with E-state index in [0.717, 1.165) is 5.56 Å². The molecule has 1 N–H and O–H groups in total. The number of hydrogen-bond acceptors (Lipinski definition) is 3. The summed E-state index contributed by atoms with van der Waals surface area (Å²) in [6, 6.07) is 7.87. The number of aliphatic hydroxyl groups excluding tert-OH is 1. The summed E-state index contributed by atoms with van der Waals surface area (Å²) in [5.74, 6) is 0.346.